The standard InChI is InChI=1S/C18H22N2O3S/c21-24(22,19-11-13-23-14-12-19)20-10-4-9-18(20)17-8-3-6-15-5-1-2-7-16(15)17/h1-3,5-8,18H,4,9-14H2. The molecule has 24 heavy (non-hydrogen) atoms. The Morgan fingerprint density at radius 3 is 2.54 bits per heavy atom. The monoisotopic (exact) mass is 346 g/mol. The third-order valence-corrected chi connectivity index (χ3v) is 7.03. The van der Waals surface area contributed by atoms with Crippen molar-refractivity contribution in [3.8, 4) is 0 Å². The summed E-state index contributed by atoms with van der Waals surface area (Å²) in [5, 5.41) is 2.31. The molecule has 0 radical (unpaired) electrons. The first-order valence-electron chi connectivity index (χ1n) is 8.50. The zero-order chi connectivity index (χ0) is 16.6. The topological polar surface area (TPSA) is 49.9 Å². The Labute approximate surface area is 143 Å². The molecule has 128 valence electrons. The molecule has 0 N–H and O–H groups in total. The molecule has 2 fully saturated rings. The van der Waals surface area contributed by atoms with Gasteiger partial charge in [0.15, 0.2) is 0 Å². The van der Waals surface area contributed by atoms with Crippen LogP contribution in [0.1, 0.15) is 24.4 Å². The Bertz CT molecular complexity index is 826. The molecule has 0 amide bonds. The van der Waals surface area contributed by atoms with E-state index < -0.39 is 10.2 Å². The van der Waals surface area contributed by atoms with Gasteiger partial charge in [0, 0.05) is 19.6 Å². The van der Waals surface area contributed by atoms with Crippen LogP contribution in [0.25, 0.3) is 10.8 Å². The van der Waals surface area contributed by atoms with Gasteiger partial charge >= 0.3 is 0 Å². The molecule has 0 aliphatic carbocycles. The van der Waals surface area contributed by atoms with E-state index in [1.165, 1.54) is 0 Å². The minimum absolute atomic E-state index is 0.0797. The number of hydrogen-bond acceptors (Lipinski definition) is 3. The highest BCUT2D eigenvalue weighted by molar-refractivity contribution is 7.86. The first-order chi connectivity index (χ1) is 11.7. The Morgan fingerprint density at radius 1 is 0.958 bits per heavy atom. The maximum Gasteiger partial charge on any atom is 0.282 e. The summed E-state index contributed by atoms with van der Waals surface area (Å²) in [6.45, 7) is 2.44. The Kier molecular flexibility index (Phi) is 4.30. The number of hydrogen-bond donors (Lipinski definition) is 0. The summed E-state index contributed by atoms with van der Waals surface area (Å²) in [6, 6.07) is 14.3. The number of nitrogens with zero attached hydrogens (tertiary/aromatic N) is 2. The van der Waals surface area contributed by atoms with Gasteiger partial charge in [-0.2, -0.15) is 17.0 Å². The molecule has 0 bridgehead atoms. The Balaban J connectivity index is 1.72. The smallest absolute Gasteiger partial charge is 0.282 e. The normalized spacial score (nSPS) is 23.8. The molecular weight excluding hydrogens is 324 g/mol. The van der Waals surface area contributed by atoms with E-state index in [4.69, 9.17) is 4.74 Å². The lowest BCUT2D eigenvalue weighted by Crippen LogP contribution is -2.48. The van der Waals surface area contributed by atoms with Gasteiger partial charge in [-0.3, -0.25) is 0 Å². The minimum Gasteiger partial charge on any atom is -0.379 e. The second kappa shape index (κ2) is 6.44. The summed E-state index contributed by atoms with van der Waals surface area (Å²) in [5.41, 5.74) is 1.11. The number of fused-ring (bicyclic) bond motifs is 1. The van der Waals surface area contributed by atoms with Crippen LogP contribution < -0.4 is 0 Å². The zero-order valence-electron chi connectivity index (χ0n) is 13.6. The summed E-state index contributed by atoms with van der Waals surface area (Å²) in [4.78, 5) is 0. The van der Waals surface area contributed by atoms with Gasteiger partial charge in [0.2, 0.25) is 0 Å². The molecule has 2 saturated heterocycles. The van der Waals surface area contributed by atoms with Crippen LogP contribution in [0.3, 0.4) is 0 Å². The SMILES string of the molecule is O=S(=O)(N1CCOCC1)N1CCCC1c1cccc2ccccc12. The predicted octanol–water partition coefficient (Wildman–Crippen LogP) is 2.55. The van der Waals surface area contributed by atoms with Crippen LogP contribution in [0.5, 0.6) is 0 Å². The van der Waals surface area contributed by atoms with Crippen molar-refractivity contribution < 1.29 is 13.2 Å². The van der Waals surface area contributed by atoms with Crippen molar-refractivity contribution in [2.24, 2.45) is 0 Å². The van der Waals surface area contributed by atoms with Gasteiger partial charge in [-0.05, 0) is 29.2 Å². The van der Waals surface area contributed by atoms with Gasteiger partial charge in [-0.15, -0.1) is 0 Å². The molecule has 0 saturated carbocycles. The lowest BCUT2D eigenvalue weighted by Gasteiger charge is -2.33. The van der Waals surface area contributed by atoms with Crippen LogP contribution in [0, 0.1) is 0 Å². The molecule has 0 aromatic heterocycles. The predicted molar refractivity (Wildman–Crippen MR) is 93.9 cm³/mol. The summed E-state index contributed by atoms with van der Waals surface area (Å²) in [7, 11) is -3.44. The van der Waals surface area contributed by atoms with Crippen molar-refractivity contribution in [2.75, 3.05) is 32.8 Å². The van der Waals surface area contributed by atoms with Crippen LogP contribution in [-0.2, 0) is 14.9 Å². The van der Waals surface area contributed by atoms with E-state index in [1.54, 1.807) is 8.61 Å². The first kappa shape index (κ1) is 16.0. The molecule has 2 aliphatic rings. The maximum absolute atomic E-state index is 13.1. The van der Waals surface area contributed by atoms with Crippen LogP contribution >= 0.6 is 0 Å². The van der Waals surface area contributed by atoms with Gasteiger partial charge < -0.3 is 4.74 Å². The molecule has 2 heterocycles. The van der Waals surface area contributed by atoms with Crippen molar-refractivity contribution in [2.45, 2.75) is 18.9 Å². The molecule has 1 atom stereocenters. The lowest BCUT2D eigenvalue weighted by molar-refractivity contribution is 0.0699. The lowest BCUT2D eigenvalue weighted by atomic mass is 9.98. The second-order valence-corrected chi connectivity index (χ2v) is 8.24. The molecular formula is C18H22N2O3S. The molecule has 1 unspecified atom stereocenters. The molecule has 6 heteroatoms. The van der Waals surface area contributed by atoms with Gasteiger partial charge in [-0.25, -0.2) is 0 Å². The van der Waals surface area contributed by atoms with Crippen LogP contribution in [0.4, 0.5) is 0 Å². The van der Waals surface area contributed by atoms with E-state index in [9.17, 15) is 8.42 Å². The molecule has 2 aromatic carbocycles. The third-order valence-electron chi connectivity index (χ3n) is 4.98. The van der Waals surface area contributed by atoms with E-state index in [0.717, 1.165) is 29.2 Å². The van der Waals surface area contributed by atoms with Crippen molar-refractivity contribution >= 4 is 21.0 Å². The van der Waals surface area contributed by atoms with Crippen LogP contribution in [0.15, 0.2) is 42.5 Å². The maximum atomic E-state index is 13.1. The van der Waals surface area contributed by atoms with Crippen molar-refractivity contribution in [3.05, 3.63) is 48.0 Å². The summed E-state index contributed by atoms with van der Waals surface area (Å²) >= 11 is 0. The van der Waals surface area contributed by atoms with Crippen molar-refractivity contribution in [1.82, 2.24) is 8.61 Å². The Hall–Kier alpha value is -1.47. The van der Waals surface area contributed by atoms with Gasteiger partial charge in [0.25, 0.3) is 10.2 Å². The first-order valence-corrected chi connectivity index (χ1v) is 9.90. The summed E-state index contributed by atoms with van der Waals surface area (Å²) < 4.78 is 34.8. The van der Waals surface area contributed by atoms with E-state index >= 15 is 0 Å². The fourth-order valence-corrected chi connectivity index (χ4v) is 5.60. The van der Waals surface area contributed by atoms with Crippen molar-refractivity contribution in [3.63, 3.8) is 0 Å². The minimum atomic E-state index is -3.44. The van der Waals surface area contributed by atoms with Gasteiger partial charge in [-0.1, -0.05) is 42.5 Å². The average Bonchev–Trinajstić information content (AvgIpc) is 3.12. The molecule has 4 rings (SSSR count). The Morgan fingerprint density at radius 2 is 1.71 bits per heavy atom. The van der Waals surface area contributed by atoms with E-state index in [0.29, 0.717) is 32.8 Å². The quantitative estimate of drug-likeness (QED) is 0.858. The zero-order valence-corrected chi connectivity index (χ0v) is 14.4. The second-order valence-electron chi connectivity index (χ2n) is 6.36. The third kappa shape index (κ3) is 2.73. The summed E-state index contributed by atoms with van der Waals surface area (Å²) in [5.74, 6) is 0. The largest absolute Gasteiger partial charge is 0.379 e. The molecule has 2 aromatic rings. The van der Waals surface area contributed by atoms with E-state index in [-0.39, 0.29) is 6.04 Å². The van der Waals surface area contributed by atoms with Gasteiger partial charge in [0.05, 0.1) is 19.3 Å². The highest BCUT2D eigenvalue weighted by Crippen LogP contribution is 2.38. The summed E-state index contributed by atoms with van der Waals surface area (Å²) in [6.07, 6.45) is 1.77. The fraction of sp³-hybridized carbons (Fsp3) is 0.444. The highest BCUT2D eigenvalue weighted by Gasteiger charge is 2.39. The average molecular weight is 346 g/mol. The molecule has 5 nitrogen and oxygen atoms in total. The van der Waals surface area contributed by atoms with Crippen molar-refractivity contribution in [1.29, 1.82) is 0 Å². The fourth-order valence-electron chi connectivity index (χ4n) is 3.79. The number of ether oxygens (including phenoxy) is 1. The van der Waals surface area contributed by atoms with E-state index in [1.807, 2.05) is 18.2 Å². The number of rotatable bonds is 3. The van der Waals surface area contributed by atoms with Gasteiger partial charge in [0.1, 0.15) is 0 Å². The number of morpholine rings is 1. The van der Waals surface area contributed by atoms with E-state index in [2.05, 4.69) is 24.3 Å². The van der Waals surface area contributed by atoms with Crippen LogP contribution in [-0.4, -0.2) is 49.9 Å². The highest BCUT2D eigenvalue weighted by atomic mass is 32.2. The van der Waals surface area contributed by atoms with Crippen LogP contribution in [0.2, 0.25) is 0 Å². The molecule has 2 aliphatic heterocycles. The molecule has 0 spiro atoms. The number of benzene rings is 2.